The van der Waals surface area contributed by atoms with Crippen LogP contribution in [0.2, 0.25) is 0 Å². The molecule has 0 atom stereocenters. The van der Waals surface area contributed by atoms with E-state index in [4.69, 9.17) is 0 Å². The number of anilines is 2. The van der Waals surface area contributed by atoms with Gasteiger partial charge in [0.15, 0.2) is 0 Å². The van der Waals surface area contributed by atoms with Gasteiger partial charge in [0.25, 0.3) is 5.56 Å². The molecule has 0 aliphatic carbocycles. The number of benzene rings is 1. The molecule has 3 amide bonds. The third-order valence-electron chi connectivity index (χ3n) is 5.17. The summed E-state index contributed by atoms with van der Waals surface area (Å²) in [6.07, 6.45) is 4.27. The Balaban J connectivity index is 1.71. The van der Waals surface area contributed by atoms with Crippen LogP contribution in [0.3, 0.4) is 0 Å². The zero-order valence-electron chi connectivity index (χ0n) is 17.0. The summed E-state index contributed by atoms with van der Waals surface area (Å²) in [4.78, 5) is 39.7. The summed E-state index contributed by atoms with van der Waals surface area (Å²) in [6.45, 7) is 5.18. The van der Waals surface area contributed by atoms with Crippen LogP contribution in [0.25, 0.3) is 0 Å². The maximum Gasteiger partial charge on any atom is 0.323 e. The third-order valence-corrected chi connectivity index (χ3v) is 5.17. The van der Waals surface area contributed by atoms with Gasteiger partial charge in [0, 0.05) is 24.5 Å². The first-order valence-electron chi connectivity index (χ1n) is 10.1. The van der Waals surface area contributed by atoms with E-state index in [1.165, 1.54) is 4.57 Å². The van der Waals surface area contributed by atoms with E-state index in [1.54, 1.807) is 25.1 Å². The molecule has 1 saturated heterocycles. The van der Waals surface area contributed by atoms with Crippen LogP contribution in [0.1, 0.15) is 36.9 Å². The molecule has 1 aromatic carbocycles. The molecule has 2 heterocycles. The molecule has 1 aliphatic heterocycles. The number of aromatic nitrogens is 1. The van der Waals surface area contributed by atoms with Crippen LogP contribution in [0.15, 0.2) is 41.2 Å². The molecule has 1 aliphatic rings. The Kier molecular flexibility index (Phi) is 6.69. The average molecular weight is 396 g/mol. The Bertz CT molecular complexity index is 943. The number of likely N-dealkylation sites (tertiary alicyclic amines) is 1. The van der Waals surface area contributed by atoms with Crippen molar-refractivity contribution in [3.8, 4) is 0 Å². The van der Waals surface area contributed by atoms with Crippen molar-refractivity contribution in [2.45, 2.75) is 46.1 Å². The number of pyridine rings is 1. The number of amides is 3. The predicted octanol–water partition coefficient (Wildman–Crippen LogP) is 3.51. The lowest BCUT2D eigenvalue weighted by Gasteiger charge is -2.21. The van der Waals surface area contributed by atoms with Crippen molar-refractivity contribution in [2.75, 3.05) is 23.7 Å². The van der Waals surface area contributed by atoms with Gasteiger partial charge in [-0.05, 0) is 56.5 Å². The average Bonchev–Trinajstić information content (AvgIpc) is 2.97. The van der Waals surface area contributed by atoms with E-state index in [0.29, 0.717) is 11.4 Å². The van der Waals surface area contributed by atoms with Crippen molar-refractivity contribution < 1.29 is 9.59 Å². The van der Waals surface area contributed by atoms with E-state index < -0.39 is 6.03 Å². The predicted molar refractivity (Wildman–Crippen MR) is 114 cm³/mol. The van der Waals surface area contributed by atoms with Crippen molar-refractivity contribution in [3.05, 3.63) is 58.0 Å². The molecule has 154 valence electrons. The first-order chi connectivity index (χ1) is 13.9. The SMILES string of the molecule is Cc1cccc(NC(=O)Nc2ccc(C)n(CC(=O)N3CCCCCC3)c2=O)c1. The summed E-state index contributed by atoms with van der Waals surface area (Å²) < 4.78 is 1.43. The second-order valence-corrected chi connectivity index (χ2v) is 7.52. The van der Waals surface area contributed by atoms with Gasteiger partial charge in [0.2, 0.25) is 5.91 Å². The standard InChI is InChI=1S/C22H28N4O3/c1-16-8-7-9-18(14-16)23-22(29)24-19-11-10-17(2)26(21(19)28)15-20(27)25-12-5-3-4-6-13-25/h7-11,14H,3-6,12-13,15H2,1-2H3,(H2,23,24,29). The zero-order valence-corrected chi connectivity index (χ0v) is 17.0. The molecule has 3 rings (SSSR count). The number of hydrogen-bond acceptors (Lipinski definition) is 3. The van der Waals surface area contributed by atoms with E-state index in [2.05, 4.69) is 10.6 Å². The minimum atomic E-state index is -0.498. The van der Waals surface area contributed by atoms with Crippen LogP contribution < -0.4 is 16.2 Å². The second kappa shape index (κ2) is 9.41. The number of hydrogen-bond donors (Lipinski definition) is 2. The fourth-order valence-electron chi connectivity index (χ4n) is 3.53. The van der Waals surface area contributed by atoms with Gasteiger partial charge in [-0.25, -0.2) is 4.79 Å². The van der Waals surface area contributed by atoms with Gasteiger partial charge in [-0.2, -0.15) is 0 Å². The topological polar surface area (TPSA) is 83.4 Å². The summed E-state index contributed by atoms with van der Waals surface area (Å²) in [5, 5.41) is 5.32. The summed E-state index contributed by atoms with van der Waals surface area (Å²) in [7, 11) is 0. The number of rotatable bonds is 4. The highest BCUT2D eigenvalue weighted by molar-refractivity contribution is 5.99. The number of nitrogens with one attached hydrogen (secondary N) is 2. The van der Waals surface area contributed by atoms with E-state index >= 15 is 0 Å². The number of carbonyl (C=O) groups excluding carboxylic acids is 2. The van der Waals surface area contributed by atoms with Gasteiger partial charge < -0.3 is 20.1 Å². The minimum Gasteiger partial charge on any atom is -0.341 e. The Labute approximate surface area is 170 Å². The molecule has 7 heteroatoms. The normalized spacial score (nSPS) is 14.2. The van der Waals surface area contributed by atoms with E-state index in [0.717, 1.165) is 44.3 Å². The molecule has 0 unspecified atom stereocenters. The number of aryl methyl sites for hydroxylation is 2. The monoisotopic (exact) mass is 396 g/mol. The Hall–Kier alpha value is -3.09. The van der Waals surface area contributed by atoms with Crippen molar-refractivity contribution in [3.63, 3.8) is 0 Å². The van der Waals surface area contributed by atoms with Crippen LogP contribution >= 0.6 is 0 Å². The van der Waals surface area contributed by atoms with E-state index in [9.17, 15) is 14.4 Å². The second-order valence-electron chi connectivity index (χ2n) is 7.52. The maximum atomic E-state index is 12.9. The molecule has 2 aromatic rings. The number of carbonyl (C=O) groups is 2. The Morgan fingerprint density at radius 3 is 2.38 bits per heavy atom. The van der Waals surface area contributed by atoms with Crippen molar-refractivity contribution >= 4 is 23.3 Å². The van der Waals surface area contributed by atoms with E-state index in [-0.39, 0.29) is 23.7 Å². The fourth-order valence-corrected chi connectivity index (χ4v) is 3.53. The van der Waals surface area contributed by atoms with Crippen molar-refractivity contribution in [1.29, 1.82) is 0 Å². The van der Waals surface area contributed by atoms with Crippen LogP contribution in [0.5, 0.6) is 0 Å². The lowest BCUT2D eigenvalue weighted by atomic mass is 10.2. The molecule has 7 nitrogen and oxygen atoms in total. The molecule has 1 fully saturated rings. The molecule has 0 bridgehead atoms. The van der Waals surface area contributed by atoms with Gasteiger partial charge in [0.1, 0.15) is 12.2 Å². The lowest BCUT2D eigenvalue weighted by molar-refractivity contribution is -0.131. The molecule has 0 saturated carbocycles. The van der Waals surface area contributed by atoms with Gasteiger partial charge >= 0.3 is 6.03 Å². The van der Waals surface area contributed by atoms with Crippen molar-refractivity contribution in [1.82, 2.24) is 9.47 Å². The highest BCUT2D eigenvalue weighted by Gasteiger charge is 2.18. The van der Waals surface area contributed by atoms with Crippen LogP contribution in [-0.4, -0.2) is 34.5 Å². The zero-order chi connectivity index (χ0) is 20.8. The molecule has 2 N–H and O–H groups in total. The smallest absolute Gasteiger partial charge is 0.323 e. The van der Waals surface area contributed by atoms with Gasteiger partial charge in [0.05, 0.1) is 0 Å². The first-order valence-corrected chi connectivity index (χ1v) is 10.1. The van der Waals surface area contributed by atoms with Crippen molar-refractivity contribution in [2.24, 2.45) is 0 Å². The van der Waals surface area contributed by atoms with Gasteiger partial charge in [-0.1, -0.05) is 25.0 Å². The highest BCUT2D eigenvalue weighted by atomic mass is 16.2. The summed E-state index contributed by atoms with van der Waals surface area (Å²) in [5.41, 5.74) is 2.11. The third kappa shape index (κ3) is 5.47. The molecule has 29 heavy (non-hydrogen) atoms. The quantitative estimate of drug-likeness (QED) is 0.830. The Morgan fingerprint density at radius 1 is 0.966 bits per heavy atom. The fraction of sp³-hybridized carbons (Fsp3) is 0.409. The Morgan fingerprint density at radius 2 is 1.69 bits per heavy atom. The largest absolute Gasteiger partial charge is 0.341 e. The first kappa shape index (κ1) is 20.6. The summed E-state index contributed by atoms with van der Waals surface area (Å²) >= 11 is 0. The maximum absolute atomic E-state index is 12.9. The number of urea groups is 1. The highest BCUT2D eigenvalue weighted by Crippen LogP contribution is 2.12. The molecule has 1 aromatic heterocycles. The van der Waals surface area contributed by atoms with Gasteiger partial charge in [-0.3, -0.25) is 9.59 Å². The molecule has 0 radical (unpaired) electrons. The molecular weight excluding hydrogens is 368 g/mol. The minimum absolute atomic E-state index is 0.0142. The summed E-state index contributed by atoms with van der Waals surface area (Å²) in [6, 6.07) is 10.2. The van der Waals surface area contributed by atoms with Gasteiger partial charge in [-0.15, -0.1) is 0 Å². The van der Waals surface area contributed by atoms with Crippen LogP contribution in [0, 0.1) is 13.8 Å². The van der Waals surface area contributed by atoms with Crippen LogP contribution in [-0.2, 0) is 11.3 Å². The van der Waals surface area contributed by atoms with E-state index in [1.807, 2.05) is 30.0 Å². The molecular formula is C22H28N4O3. The number of nitrogens with zero attached hydrogens (tertiary/aromatic N) is 2. The lowest BCUT2D eigenvalue weighted by Crippen LogP contribution is -2.38. The summed E-state index contributed by atoms with van der Waals surface area (Å²) in [5.74, 6) is -0.0570. The van der Waals surface area contributed by atoms with Crippen LogP contribution in [0.4, 0.5) is 16.2 Å². The molecule has 0 spiro atoms.